The standard InChI is InChI=1S/C22H22Cl2N2O2/c1-26(14-16-5-3-2-4-6-16)15-19-9-10-21(28-19)22(27)25-12-11-17-7-8-18(23)13-20(17)24/h2-10,13H,11-12,14-15H2,1H3,(H,25,27). The first-order valence-corrected chi connectivity index (χ1v) is 9.80. The van der Waals surface area contributed by atoms with Gasteiger partial charge in [0.25, 0.3) is 5.91 Å². The highest BCUT2D eigenvalue weighted by molar-refractivity contribution is 6.35. The maximum absolute atomic E-state index is 12.3. The number of nitrogens with one attached hydrogen (secondary N) is 1. The molecule has 0 bridgehead atoms. The van der Waals surface area contributed by atoms with Gasteiger partial charge in [-0.15, -0.1) is 0 Å². The average Bonchev–Trinajstić information content (AvgIpc) is 3.12. The van der Waals surface area contributed by atoms with Crippen molar-refractivity contribution in [2.75, 3.05) is 13.6 Å². The summed E-state index contributed by atoms with van der Waals surface area (Å²) >= 11 is 12.0. The second-order valence-corrected chi connectivity index (χ2v) is 7.51. The third kappa shape index (κ3) is 5.86. The predicted octanol–water partition coefficient (Wildman–Crippen LogP) is 5.19. The summed E-state index contributed by atoms with van der Waals surface area (Å²) in [6.07, 6.45) is 0.620. The highest BCUT2D eigenvalue weighted by Crippen LogP contribution is 2.21. The van der Waals surface area contributed by atoms with Crippen molar-refractivity contribution in [1.82, 2.24) is 10.2 Å². The molecule has 146 valence electrons. The smallest absolute Gasteiger partial charge is 0.287 e. The Hall–Kier alpha value is -2.27. The molecule has 1 heterocycles. The molecule has 0 aliphatic heterocycles. The normalized spacial score (nSPS) is 11.0. The first-order valence-electron chi connectivity index (χ1n) is 9.04. The van der Waals surface area contributed by atoms with E-state index in [9.17, 15) is 4.79 Å². The number of amides is 1. The van der Waals surface area contributed by atoms with Gasteiger partial charge >= 0.3 is 0 Å². The molecule has 3 aromatic rings. The second-order valence-electron chi connectivity index (χ2n) is 6.67. The van der Waals surface area contributed by atoms with Crippen molar-refractivity contribution in [2.24, 2.45) is 0 Å². The van der Waals surface area contributed by atoms with Crippen LogP contribution in [0.1, 0.15) is 27.4 Å². The van der Waals surface area contributed by atoms with E-state index in [0.717, 1.165) is 17.9 Å². The zero-order valence-corrected chi connectivity index (χ0v) is 17.1. The first-order chi connectivity index (χ1) is 13.5. The first kappa shape index (κ1) is 20.5. The van der Waals surface area contributed by atoms with Crippen LogP contribution in [-0.4, -0.2) is 24.4 Å². The molecule has 1 amide bonds. The van der Waals surface area contributed by atoms with Crippen molar-refractivity contribution in [3.63, 3.8) is 0 Å². The van der Waals surface area contributed by atoms with E-state index in [4.69, 9.17) is 27.6 Å². The van der Waals surface area contributed by atoms with Crippen molar-refractivity contribution in [3.05, 3.63) is 93.4 Å². The van der Waals surface area contributed by atoms with E-state index in [-0.39, 0.29) is 5.91 Å². The van der Waals surface area contributed by atoms with Crippen molar-refractivity contribution in [2.45, 2.75) is 19.5 Å². The number of carbonyl (C=O) groups excluding carboxylic acids is 1. The van der Waals surface area contributed by atoms with Gasteiger partial charge in [-0.25, -0.2) is 0 Å². The fourth-order valence-corrected chi connectivity index (χ4v) is 3.43. The van der Waals surface area contributed by atoms with Gasteiger partial charge in [0.1, 0.15) is 5.76 Å². The van der Waals surface area contributed by atoms with Gasteiger partial charge in [-0.2, -0.15) is 0 Å². The van der Waals surface area contributed by atoms with E-state index in [0.29, 0.717) is 35.3 Å². The van der Waals surface area contributed by atoms with Gasteiger partial charge in [0.15, 0.2) is 5.76 Å². The second kappa shape index (κ2) is 9.78. The number of rotatable bonds is 8. The third-order valence-electron chi connectivity index (χ3n) is 4.30. The highest BCUT2D eigenvalue weighted by atomic mass is 35.5. The van der Waals surface area contributed by atoms with Crippen LogP contribution in [0.2, 0.25) is 10.0 Å². The van der Waals surface area contributed by atoms with Crippen LogP contribution in [0.15, 0.2) is 65.1 Å². The highest BCUT2D eigenvalue weighted by Gasteiger charge is 2.12. The molecular weight excluding hydrogens is 395 g/mol. The molecule has 0 radical (unpaired) electrons. The van der Waals surface area contributed by atoms with Gasteiger partial charge in [-0.05, 0) is 48.9 Å². The minimum Gasteiger partial charge on any atom is -0.455 e. The summed E-state index contributed by atoms with van der Waals surface area (Å²) in [5, 5.41) is 4.05. The molecule has 0 saturated heterocycles. The minimum atomic E-state index is -0.234. The average molecular weight is 417 g/mol. The summed E-state index contributed by atoms with van der Waals surface area (Å²) in [5.74, 6) is 0.830. The zero-order chi connectivity index (χ0) is 19.9. The maximum Gasteiger partial charge on any atom is 0.287 e. The number of hydrogen-bond acceptors (Lipinski definition) is 3. The zero-order valence-electron chi connectivity index (χ0n) is 15.6. The van der Waals surface area contributed by atoms with Crippen molar-refractivity contribution in [3.8, 4) is 0 Å². The van der Waals surface area contributed by atoms with E-state index in [2.05, 4.69) is 22.3 Å². The summed E-state index contributed by atoms with van der Waals surface area (Å²) < 4.78 is 5.70. The van der Waals surface area contributed by atoms with Crippen molar-refractivity contribution >= 4 is 29.1 Å². The van der Waals surface area contributed by atoms with Crippen LogP contribution in [0.4, 0.5) is 0 Å². The number of hydrogen-bond donors (Lipinski definition) is 1. The Kier molecular flexibility index (Phi) is 7.15. The summed E-state index contributed by atoms with van der Waals surface area (Å²) in [4.78, 5) is 14.4. The van der Waals surface area contributed by atoms with Crippen LogP contribution < -0.4 is 5.32 Å². The van der Waals surface area contributed by atoms with Gasteiger partial charge < -0.3 is 9.73 Å². The van der Waals surface area contributed by atoms with E-state index >= 15 is 0 Å². The SMILES string of the molecule is CN(Cc1ccccc1)Cc1ccc(C(=O)NCCc2ccc(Cl)cc2Cl)o1. The summed E-state index contributed by atoms with van der Waals surface area (Å²) in [7, 11) is 2.02. The van der Waals surface area contributed by atoms with Crippen LogP contribution in [-0.2, 0) is 19.5 Å². The predicted molar refractivity (Wildman–Crippen MR) is 113 cm³/mol. The van der Waals surface area contributed by atoms with E-state index in [1.807, 2.05) is 37.4 Å². The topological polar surface area (TPSA) is 45.5 Å². The fraction of sp³-hybridized carbons (Fsp3) is 0.227. The number of halogens is 2. The number of carbonyl (C=O) groups is 1. The van der Waals surface area contributed by atoms with E-state index in [1.165, 1.54) is 5.56 Å². The van der Waals surface area contributed by atoms with Gasteiger partial charge in [0.05, 0.1) is 6.54 Å². The molecule has 0 spiro atoms. The Labute approximate surface area is 175 Å². The molecule has 0 saturated carbocycles. The van der Waals surface area contributed by atoms with Crippen LogP contribution in [0.3, 0.4) is 0 Å². The monoisotopic (exact) mass is 416 g/mol. The lowest BCUT2D eigenvalue weighted by molar-refractivity contribution is 0.0923. The summed E-state index contributed by atoms with van der Waals surface area (Å²) in [5.41, 5.74) is 2.17. The fourth-order valence-electron chi connectivity index (χ4n) is 2.92. The Balaban J connectivity index is 1.48. The molecule has 0 fully saturated rings. The lowest BCUT2D eigenvalue weighted by Gasteiger charge is -2.15. The van der Waals surface area contributed by atoms with E-state index in [1.54, 1.807) is 18.2 Å². The van der Waals surface area contributed by atoms with Crippen LogP contribution in [0, 0.1) is 0 Å². The Morgan fingerprint density at radius 1 is 1.04 bits per heavy atom. The summed E-state index contributed by atoms with van der Waals surface area (Å²) in [6, 6.07) is 19.1. The van der Waals surface area contributed by atoms with Crippen LogP contribution in [0.25, 0.3) is 0 Å². The van der Waals surface area contributed by atoms with Crippen molar-refractivity contribution in [1.29, 1.82) is 0 Å². The Morgan fingerprint density at radius 3 is 2.57 bits per heavy atom. The molecule has 28 heavy (non-hydrogen) atoms. The van der Waals surface area contributed by atoms with Gasteiger partial charge in [0, 0.05) is 23.1 Å². The molecular formula is C22H22Cl2N2O2. The lowest BCUT2D eigenvalue weighted by atomic mass is 10.1. The molecule has 6 heteroatoms. The Bertz CT molecular complexity index is 925. The Morgan fingerprint density at radius 2 is 1.82 bits per heavy atom. The lowest BCUT2D eigenvalue weighted by Crippen LogP contribution is -2.25. The molecule has 0 unspecified atom stereocenters. The van der Waals surface area contributed by atoms with Gasteiger partial charge in [-0.3, -0.25) is 9.69 Å². The van der Waals surface area contributed by atoms with Gasteiger partial charge in [-0.1, -0.05) is 59.6 Å². The quantitative estimate of drug-likeness (QED) is 0.549. The number of benzene rings is 2. The molecule has 2 aromatic carbocycles. The van der Waals surface area contributed by atoms with Crippen LogP contribution >= 0.6 is 23.2 Å². The molecule has 4 nitrogen and oxygen atoms in total. The molecule has 0 atom stereocenters. The summed E-state index contributed by atoms with van der Waals surface area (Å²) in [6.45, 7) is 1.90. The molecule has 1 N–H and O–H groups in total. The van der Waals surface area contributed by atoms with Crippen LogP contribution in [0.5, 0.6) is 0 Å². The number of furan rings is 1. The molecule has 3 rings (SSSR count). The molecule has 0 aliphatic carbocycles. The minimum absolute atomic E-state index is 0.234. The van der Waals surface area contributed by atoms with Crippen molar-refractivity contribution < 1.29 is 9.21 Å². The number of nitrogens with zero attached hydrogens (tertiary/aromatic N) is 1. The molecule has 0 aliphatic rings. The van der Waals surface area contributed by atoms with E-state index < -0.39 is 0 Å². The third-order valence-corrected chi connectivity index (χ3v) is 4.89. The largest absolute Gasteiger partial charge is 0.455 e. The molecule has 1 aromatic heterocycles. The van der Waals surface area contributed by atoms with Gasteiger partial charge in [0.2, 0.25) is 0 Å². The maximum atomic E-state index is 12.3.